The Balaban J connectivity index is 1.46. The van der Waals surface area contributed by atoms with Crippen molar-refractivity contribution >= 4 is 15.9 Å². The van der Waals surface area contributed by atoms with Crippen LogP contribution in [0.4, 0.5) is 4.39 Å². The maximum atomic E-state index is 13.2. The lowest BCUT2D eigenvalue weighted by atomic mass is 10.1. The second-order valence-electron chi connectivity index (χ2n) is 7.25. The maximum absolute atomic E-state index is 13.2. The van der Waals surface area contributed by atoms with Gasteiger partial charge in [-0.1, -0.05) is 12.1 Å². The minimum Gasteiger partial charge on any atom is -0.335 e. The number of pyridine rings is 1. The zero-order chi connectivity index (χ0) is 22.7. The largest absolute Gasteiger partial charge is 0.335 e. The molecule has 0 N–H and O–H groups in total. The fourth-order valence-electron chi connectivity index (χ4n) is 3.50. The van der Waals surface area contributed by atoms with Gasteiger partial charge in [-0.15, -0.1) is 0 Å². The number of benzene rings is 2. The molecule has 0 aliphatic carbocycles. The third-order valence-electron chi connectivity index (χ3n) is 5.23. The van der Waals surface area contributed by atoms with E-state index in [2.05, 4.69) is 4.98 Å². The second-order valence-corrected chi connectivity index (χ2v) is 9.19. The summed E-state index contributed by atoms with van der Waals surface area (Å²) in [5.74, 6) is -0.648. The number of aromatic nitrogens is 1. The minimum atomic E-state index is -3.76. The normalized spacial score (nSPS) is 14.7. The van der Waals surface area contributed by atoms with Crippen molar-refractivity contribution in [2.24, 2.45) is 0 Å². The molecular weight excluding hydrogens is 431 g/mol. The van der Waals surface area contributed by atoms with Crippen molar-refractivity contribution < 1.29 is 17.6 Å². The van der Waals surface area contributed by atoms with Crippen molar-refractivity contribution in [2.45, 2.75) is 4.90 Å². The highest BCUT2D eigenvalue weighted by Gasteiger charge is 2.31. The first-order chi connectivity index (χ1) is 15.4. The molecule has 7 nitrogen and oxygen atoms in total. The van der Waals surface area contributed by atoms with Crippen LogP contribution in [0.3, 0.4) is 0 Å². The summed E-state index contributed by atoms with van der Waals surface area (Å²) in [6.45, 7) is 0.724. The fourth-order valence-corrected chi connectivity index (χ4v) is 4.97. The Hall–Kier alpha value is -3.61. The Morgan fingerprint density at radius 2 is 1.66 bits per heavy atom. The van der Waals surface area contributed by atoms with E-state index in [0.717, 1.165) is 0 Å². The van der Waals surface area contributed by atoms with Crippen LogP contribution in [0.25, 0.3) is 11.3 Å². The standard InChI is InChI=1S/C23H19FN4O3S/c24-19-9-7-18(8-10-19)21-5-2-6-22(26-21)23(29)27-11-13-28(14-12-27)32(30,31)20-4-1-3-17(15-20)16-25/h1-10,15H,11-14H2. The molecular formula is C23H19FN4O3S. The molecule has 32 heavy (non-hydrogen) atoms. The van der Waals surface area contributed by atoms with Gasteiger partial charge < -0.3 is 4.90 Å². The molecule has 0 atom stereocenters. The van der Waals surface area contributed by atoms with Crippen LogP contribution in [0.2, 0.25) is 0 Å². The number of halogens is 1. The van der Waals surface area contributed by atoms with E-state index >= 15 is 0 Å². The lowest BCUT2D eigenvalue weighted by molar-refractivity contribution is 0.0692. The zero-order valence-corrected chi connectivity index (χ0v) is 17.8. The monoisotopic (exact) mass is 450 g/mol. The summed E-state index contributed by atoms with van der Waals surface area (Å²) in [7, 11) is -3.76. The van der Waals surface area contributed by atoms with Gasteiger partial charge in [-0.05, 0) is 54.6 Å². The van der Waals surface area contributed by atoms with Gasteiger partial charge in [0.2, 0.25) is 10.0 Å². The Bertz CT molecular complexity index is 1300. The van der Waals surface area contributed by atoms with Crippen molar-refractivity contribution in [3.05, 3.63) is 83.8 Å². The lowest BCUT2D eigenvalue weighted by Crippen LogP contribution is -2.50. The molecule has 1 amide bonds. The van der Waals surface area contributed by atoms with Gasteiger partial charge in [0.05, 0.1) is 22.2 Å². The number of nitriles is 1. The van der Waals surface area contributed by atoms with Gasteiger partial charge >= 0.3 is 0 Å². The average Bonchev–Trinajstić information content (AvgIpc) is 2.84. The zero-order valence-electron chi connectivity index (χ0n) is 17.0. The summed E-state index contributed by atoms with van der Waals surface area (Å²) >= 11 is 0. The Labute approximate surface area is 185 Å². The van der Waals surface area contributed by atoms with E-state index in [0.29, 0.717) is 11.3 Å². The third-order valence-corrected chi connectivity index (χ3v) is 7.13. The van der Waals surface area contributed by atoms with Crippen molar-refractivity contribution in [2.75, 3.05) is 26.2 Å². The molecule has 162 valence electrons. The van der Waals surface area contributed by atoms with Gasteiger partial charge in [0.25, 0.3) is 5.91 Å². The van der Waals surface area contributed by atoms with Crippen LogP contribution >= 0.6 is 0 Å². The molecule has 0 unspecified atom stereocenters. The van der Waals surface area contributed by atoms with E-state index < -0.39 is 10.0 Å². The molecule has 4 rings (SSSR count). The molecule has 9 heteroatoms. The number of nitrogens with zero attached hydrogens (tertiary/aromatic N) is 4. The molecule has 3 aromatic rings. The summed E-state index contributed by atoms with van der Waals surface area (Å²) in [4.78, 5) is 19.0. The van der Waals surface area contributed by atoms with E-state index in [9.17, 15) is 17.6 Å². The van der Waals surface area contributed by atoms with Crippen molar-refractivity contribution in [3.8, 4) is 17.3 Å². The van der Waals surface area contributed by atoms with Gasteiger partial charge in [0, 0.05) is 31.7 Å². The van der Waals surface area contributed by atoms with Crippen LogP contribution in [0, 0.1) is 17.1 Å². The number of sulfonamides is 1. The predicted molar refractivity (Wildman–Crippen MR) is 115 cm³/mol. The molecule has 1 aliphatic rings. The molecule has 0 bridgehead atoms. The van der Waals surface area contributed by atoms with Crippen molar-refractivity contribution in [1.82, 2.24) is 14.2 Å². The van der Waals surface area contributed by atoms with Gasteiger partial charge in [0.1, 0.15) is 11.5 Å². The predicted octanol–water partition coefficient (Wildman–Crippen LogP) is 2.91. The molecule has 0 radical (unpaired) electrons. The summed E-state index contributed by atoms with van der Waals surface area (Å²) in [5, 5.41) is 9.02. The highest BCUT2D eigenvalue weighted by atomic mass is 32.2. The quantitative estimate of drug-likeness (QED) is 0.609. The van der Waals surface area contributed by atoms with E-state index in [1.807, 2.05) is 6.07 Å². The topological polar surface area (TPSA) is 94.4 Å². The maximum Gasteiger partial charge on any atom is 0.272 e. The van der Waals surface area contributed by atoms with Gasteiger partial charge in [-0.2, -0.15) is 9.57 Å². The molecule has 1 aliphatic heterocycles. The van der Waals surface area contributed by atoms with Crippen LogP contribution in [0.1, 0.15) is 16.1 Å². The Kier molecular flexibility index (Phi) is 5.99. The van der Waals surface area contributed by atoms with Crippen LogP contribution < -0.4 is 0 Å². The minimum absolute atomic E-state index is 0.0602. The van der Waals surface area contributed by atoms with Crippen LogP contribution in [0.5, 0.6) is 0 Å². The third kappa shape index (κ3) is 4.37. The summed E-state index contributed by atoms with van der Waals surface area (Å²) < 4.78 is 40.3. The number of carbonyl (C=O) groups is 1. The van der Waals surface area contributed by atoms with E-state index in [1.54, 1.807) is 41.3 Å². The number of hydrogen-bond acceptors (Lipinski definition) is 5. The molecule has 1 aromatic heterocycles. The van der Waals surface area contributed by atoms with Crippen LogP contribution in [-0.4, -0.2) is 54.7 Å². The number of rotatable bonds is 4. The fraction of sp³-hybridized carbons (Fsp3) is 0.174. The number of amides is 1. The highest BCUT2D eigenvalue weighted by molar-refractivity contribution is 7.89. The van der Waals surface area contributed by atoms with Crippen molar-refractivity contribution in [3.63, 3.8) is 0 Å². The second kappa shape index (κ2) is 8.86. The summed E-state index contributed by atoms with van der Waals surface area (Å²) in [6.07, 6.45) is 0. The number of carbonyl (C=O) groups excluding carboxylic acids is 1. The number of hydrogen-bond donors (Lipinski definition) is 0. The average molecular weight is 450 g/mol. The molecule has 2 heterocycles. The molecule has 2 aromatic carbocycles. The Morgan fingerprint density at radius 3 is 2.34 bits per heavy atom. The van der Waals surface area contributed by atoms with Gasteiger partial charge in [-0.25, -0.2) is 17.8 Å². The van der Waals surface area contributed by atoms with E-state index in [1.165, 1.54) is 34.6 Å². The van der Waals surface area contributed by atoms with E-state index in [-0.39, 0.29) is 54.1 Å². The lowest BCUT2D eigenvalue weighted by Gasteiger charge is -2.33. The van der Waals surface area contributed by atoms with Crippen LogP contribution in [0.15, 0.2) is 71.6 Å². The van der Waals surface area contributed by atoms with E-state index in [4.69, 9.17) is 5.26 Å². The number of piperazine rings is 1. The Morgan fingerprint density at radius 1 is 0.969 bits per heavy atom. The van der Waals surface area contributed by atoms with Gasteiger partial charge in [-0.3, -0.25) is 4.79 Å². The SMILES string of the molecule is N#Cc1cccc(S(=O)(=O)N2CCN(C(=O)c3cccc(-c4ccc(F)cc4)n3)CC2)c1. The first-order valence-electron chi connectivity index (χ1n) is 9.91. The molecule has 1 fully saturated rings. The smallest absolute Gasteiger partial charge is 0.272 e. The molecule has 0 spiro atoms. The van der Waals surface area contributed by atoms with Crippen LogP contribution in [-0.2, 0) is 10.0 Å². The first-order valence-corrected chi connectivity index (χ1v) is 11.3. The molecule has 1 saturated heterocycles. The summed E-state index contributed by atoms with van der Waals surface area (Å²) in [6, 6.07) is 18.7. The highest BCUT2D eigenvalue weighted by Crippen LogP contribution is 2.21. The van der Waals surface area contributed by atoms with Crippen molar-refractivity contribution in [1.29, 1.82) is 5.26 Å². The van der Waals surface area contributed by atoms with Gasteiger partial charge in [0.15, 0.2) is 0 Å². The summed E-state index contributed by atoms with van der Waals surface area (Å²) in [5.41, 5.74) is 1.75. The molecule has 0 saturated carbocycles. The first kappa shape index (κ1) is 21.6.